The molecule has 2 aromatic rings. The van der Waals surface area contributed by atoms with Gasteiger partial charge in [0.2, 0.25) is 0 Å². The number of benzene rings is 2. The van der Waals surface area contributed by atoms with Gasteiger partial charge in [-0.1, -0.05) is 55.3 Å². The van der Waals surface area contributed by atoms with E-state index in [-0.39, 0.29) is 0 Å². The van der Waals surface area contributed by atoms with Gasteiger partial charge in [0, 0.05) is 20.5 Å². The van der Waals surface area contributed by atoms with Gasteiger partial charge < -0.3 is 0 Å². The Labute approximate surface area is 184 Å². The molecule has 2 unspecified atom stereocenters. The molecular weight excluding hydrogens is 380 g/mol. The Hall–Kier alpha value is -1.65. The van der Waals surface area contributed by atoms with Gasteiger partial charge in [0.25, 0.3) is 0 Å². The number of allylic oxidation sites excluding steroid dienone is 4. The maximum Gasteiger partial charge on any atom is 0.0210 e. The first-order valence-corrected chi connectivity index (χ1v) is 12.9. The molecule has 0 N–H and O–H groups in total. The van der Waals surface area contributed by atoms with Crippen LogP contribution >= 0.6 is 0 Å². The Balaban J connectivity index is 0.000000166. The molecule has 0 heterocycles. The van der Waals surface area contributed by atoms with Crippen molar-refractivity contribution < 1.29 is 0 Å². The van der Waals surface area contributed by atoms with Crippen LogP contribution in [-0.4, -0.2) is 20.5 Å². The van der Waals surface area contributed by atoms with E-state index in [4.69, 9.17) is 0 Å². The van der Waals surface area contributed by atoms with Crippen LogP contribution in [0.3, 0.4) is 0 Å². The molecule has 4 rings (SSSR count). The fraction of sp³-hybridized carbons (Fsp3) is 0.407. The molecular formula is C27H38Si2. The minimum atomic E-state index is 0.359. The van der Waals surface area contributed by atoms with Crippen LogP contribution in [0.25, 0.3) is 11.1 Å². The van der Waals surface area contributed by atoms with Crippen LogP contribution in [0.15, 0.2) is 41.5 Å². The summed E-state index contributed by atoms with van der Waals surface area (Å²) < 4.78 is 0. The van der Waals surface area contributed by atoms with Crippen LogP contribution in [0.2, 0.25) is 0 Å². The lowest BCUT2D eigenvalue weighted by Gasteiger charge is -2.23. The summed E-state index contributed by atoms with van der Waals surface area (Å²) in [6.45, 7) is 20.6. The third-order valence-corrected chi connectivity index (χ3v) is 10.7. The number of aryl methyl sites for hydroxylation is 2. The Bertz CT molecular complexity index is 1060. The van der Waals surface area contributed by atoms with Gasteiger partial charge in [-0.05, 0) is 109 Å². The SMILES string of the molecule is CC1=C(C)C(C)([SiH3])c2ccc(C)c(C)c21.CC1=C(C)C(C)([SiH3])c2cccc(C)c21. The van der Waals surface area contributed by atoms with Gasteiger partial charge in [-0.25, -0.2) is 0 Å². The number of hydrogen-bond donors (Lipinski definition) is 0. The first-order chi connectivity index (χ1) is 13.3. The number of fused-ring (bicyclic) bond motifs is 2. The standard InChI is InChI=1S/C14H20Si.C13H18Si/c1-8-6-7-12-13(9(8)2)10(3)11(4)14(12,5)15;1-8-6-5-7-11-12(8)9(2)10(3)13(11,4)14/h6-7H,1-5,15H3;5-7H,1-4,14H3. The molecule has 0 saturated heterocycles. The highest BCUT2D eigenvalue weighted by Gasteiger charge is 2.35. The lowest BCUT2D eigenvalue weighted by Crippen LogP contribution is -2.20. The average molecular weight is 419 g/mol. The summed E-state index contributed by atoms with van der Waals surface area (Å²) in [7, 11) is 2.40. The van der Waals surface area contributed by atoms with Crippen LogP contribution in [0.5, 0.6) is 0 Å². The lowest BCUT2D eigenvalue weighted by molar-refractivity contribution is 0.816. The quantitative estimate of drug-likeness (QED) is 0.524. The van der Waals surface area contributed by atoms with E-state index in [9.17, 15) is 0 Å². The molecule has 0 bridgehead atoms. The van der Waals surface area contributed by atoms with Crippen LogP contribution in [0.4, 0.5) is 0 Å². The van der Waals surface area contributed by atoms with Gasteiger partial charge in [0.1, 0.15) is 0 Å². The monoisotopic (exact) mass is 418 g/mol. The van der Waals surface area contributed by atoms with Crippen LogP contribution < -0.4 is 0 Å². The van der Waals surface area contributed by atoms with E-state index in [2.05, 4.69) is 92.6 Å². The minimum Gasteiger partial charge on any atom is -0.0633 e. The van der Waals surface area contributed by atoms with Crippen molar-refractivity contribution in [3.63, 3.8) is 0 Å². The van der Waals surface area contributed by atoms with E-state index in [0.29, 0.717) is 10.1 Å². The molecule has 29 heavy (non-hydrogen) atoms. The molecule has 2 heteroatoms. The maximum absolute atomic E-state index is 2.39. The Morgan fingerprint density at radius 2 is 1.07 bits per heavy atom. The van der Waals surface area contributed by atoms with E-state index >= 15 is 0 Å². The third kappa shape index (κ3) is 3.25. The van der Waals surface area contributed by atoms with Crippen molar-refractivity contribution in [3.05, 3.63) is 80.4 Å². The Morgan fingerprint density at radius 3 is 1.59 bits per heavy atom. The molecule has 2 atom stereocenters. The van der Waals surface area contributed by atoms with E-state index in [1.807, 2.05) is 0 Å². The second-order valence-electron chi connectivity index (χ2n) is 10.2. The van der Waals surface area contributed by atoms with Crippen LogP contribution in [0.1, 0.15) is 80.5 Å². The number of rotatable bonds is 0. The molecule has 0 amide bonds. The molecule has 0 nitrogen and oxygen atoms in total. The fourth-order valence-corrected chi connectivity index (χ4v) is 6.81. The highest BCUT2D eigenvalue weighted by molar-refractivity contribution is 6.21. The van der Waals surface area contributed by atoms with Gasteiger partial charge in [-0.3, -0.25) is 0 Å². The minimum absolute atomic E-state index is 0.359. The Kier molecular flexibility index (Phi) is 5.51. The first-order valence-electron chi connectivity index (χ1n) is 10.9. The van der Waals surface area contributed by atoms with Crippen molar-refractivity contribution in [3.8, 4) is 0 Å². The zero-order chi connectivity index (χ0) is 21.9. The molecule has 2 aromatic carbocycles. The van der Waals surface area contributed by atoms with Crippen molar-refractivity contribution in [2.45, 2.75) is 72.4 Å². The first kappa shape index (κ1) is 22.0. The van der Waals surface area contributed by atoms with Gasteiger partial charge in [-0.15, -0.1) is 0 Å². The summed E-state index contributed by atoms with van der Waals surface area (Å²) in [5.74, 6) is 0. The average Bonchev–Trinajstić information content (AvgIpc) is 2.95. The molecule has 0 aromatic heterocycles. The summed E-state index contributed by atoms with van der Waals surface area (Å²) in [6.07, 6.45) is 0. The van der Waals surface area contributed by atoms with E-state index in [1.165, 1.54) is 59.4 Å². The summed E-state index contributed by atoms with van der Waals surface area (Å²) in [5, 5.41) is 0.726. The van der Waals surface area contributed by atoms with Crippen molar-refractivity contribution in [1.82, 2.24) is 0 Å². The largest absolute Gasteiger partial charge is 0.0633 e. The summed E-state index contributed by atoms with van der Waals surface area (Å²) >= 11 is 0. The summed E-state index contributed by atoms with van der Waals surface area (Å²) in [4.78, 5) is 0. The predicted molar refractivity (Wildman–Crippen MR) is 138 cm³/mol. The van der Waals surface area contributed by atoms with Crippen molar-refractivity contribution in [1.29, 1.82) is 0 Å². The zero-order valence-electron chi connectivity index (χ0n) is 20.4. The highest BCUT2D eigenvalue weighted by atomic mass is 28.1. The molecule has 154 valence electrons. The summed E-state index contributed by atoms with van der Waals surface area (Å²) in [6, 6.07) is 11.3. The maximum atomic E-state index is 2.39. The van der Waals surface area contributed by atoms with Crippen molar-refractivity contribution in [2.75, 3.05) is 0 Å². The lowest BCUT2D eigenvalue weighted by atomic mass is 9.93. The molecule has 2 aliphatic rings. The normalized spacial score (nSPS) is 25.3. The second kappa shape index (κ2) is 7.25. The number of hydrogen-bond acceptors (Lipinski definition) is 0. The van der Waals surface area contributed by atoms with Crippen LogP contribution in [-0.2, 0) is 10.1 Å². The van der Waals surface area contributed by atoms with Gasteiger partial charge in [0.15, 0.2) is 0 Å². The Morgan fingerprint density at radius 1 is 0.586 bits per heavy atom. The van der Waals surface area contributed by atoms with E-state index in [1.54, 1.807) is 22.3 Å². The molecule has 0 spiro atoms. The molecule has 0 saturated carbocycles. The molecule has 2 aliphatic carbocycles. The van der Waals surface area contributed by atoms with E-state index in [0.717, 1.165) is 0 Å². The van der Waals surface area contributed by atoms with E-state index < -0.39 is 0 Å². The molecule has 0 aliphatic heterocycles. The van der Waals surface area contributed by atoms with Gasteiger partial charge in [-0.2, -0.15) is 0 Å². The zero-order valence-corrected chi connectivity index (χ0v) is 24.4. The van der Waals surface area contributed by atoms with Crippen LogP contribution in [0, 0.1) is 20.8 Å². The fourth-order valence-electron chi connectivity index (χ4n) is 5.22. The molecule has 0 fully saturated rings. The second-order valence-corrected chi connectivity index (χ2v) is 14.2. The van der Waals surface area contributed by atoms with Gasteiger partial charge >= 0.3 is 0 Å². The predicted octanol–water partition coefficient (Wildman–Crippen LogP) is 5.07. The summed E-state index contributed by atoms with van der Waals surface area (Å²) in [5.41, 5.74) is 16.7. The van der Waals surface area contributed by atoms with Crippen molar-refractivity contribution >= 4 is 31.6 Å². The highest BCUT2D eigenvalue weighted by Crippen LogP contribution is 2.46. The molecule has 0 radical (unpaired) electrons. The topological polar surface area (TPSA) is 0 Å². The van der Waals surface area contributed by atoms with Gasteiger partial charge in [0.05, 0.1) is 0 Å². The smallest absolute Gasteiger partial charge is 0.0210 e. The third-order valence-electron chi connectivity index (χ3n) is 8.11. The van der Waals surface area contributed by atoms with Crippen molar-refractivity contribution in [2.24, 2.45) is 0 Å².